The summed E-state index contributed by atoms with van der Waals surface area (Å²) in [5, 5.41) is 12.7. The van der Waals surface area contributed by atoms with Gasteiger partial charge in [-0.15, -0.1) is 11.3 Å². The highest BCUT2D eigenvalue weighted by molar-refractivity contribution is 7.16. The Hall–Kier alpha value is -1.91. The minimum Gasteiger partial charge on any atom is -0.369 e. The molecule has 6 nitrogen and oxygen atoms in total. The molecular formula is C16H22N4O2S. The Morgan fingerprint density at radius 2 is 2.13 bits per heavy atom. The minimum absolute atomic E-state index is 0.167. The Kier molecular flexibility index (Phi) is 5.39. The van der Waals surface area contributed by atoms with Crippen LogP contribution in [0.25, 0.3) is 0 Å². The molecule has 7 heteroatoms. The number of hydrogen-bond donors (Lipinski definition) is 2. The molecule has 2 rings (SSSR count). The van der Waals surface area contributed by atoms with E-state index in [2.05, 4.69) is 11.4 Å². The van der Waals surface area contributed by atoms with Crippen LogP contribution in [0.3, 0.4) is 0 Å². The van der Waals surface area contributed by atoms with Crippen LogP contribution in [-0.4, -0.2) is 35.8 Å². The van der Waals surface area contributed by atoms with Gasteiger partial charge in [-0.25, -0.2) is 0 Å². The quantitative estimate of drug-likeness (QED) is 0.876. The van der Waals surface area contributed by atoms with Gasteiger partial charge in [-0.3, -0.25) is 14.5 Å². The van der Waals surface area contributed by atoms with Crippen molar-refractivity contribution in [2.75, 3.05) is 18.4 Å². The lowest BCUT2D eigenvalue weighted by Crippen LogP contribution is -2.48. The largest absolute Gasteiger partial charge is 0.369 e. The molecule has 0 saturated carbocycles. The monoisotopic (exact) mass is 334 g/mol. The third kappa shape index (κ3) is 3.89. The maximum atomic E-state index is 12.3. The normalized spacial score (nSPS) is 21.7. The van der Waals surface area contributed by atoms with Crippen LogP contribution in [0.4, 0.5) is 5.00 Å². The first kappa shape index (κ1) is 17.4. The number of carbonyl (C=O) groups is 2. The molecule has 1 aliphatic rings. The highest BCUT2D eigenvalue weighted by Crippen LogP contribution is 2.31. The molecule has 0 radical (unpaired) electrons. The van der Waals surface area contributed by atoms with E-state index in [-0.39, 0.29) is 30.3 Å². The summed E-state index contributed by atoms with van der Waals surface area (Å²) in [5.41, 5.74) is 6.83. The number of anilines is 1. The van der Waals surface area contributed by atoms with Gasteiger partial charge in [0.15, 0.2) is 0 Å². The highest BCUT2D eigenvalue weighted by Gasteiger charge is 2.30. The standard InChI is InChI=1S/C16H22N4O2S/c1-9-4-5-12(15(18)22)7-20(9)8-14(21)19-16-13(6-17)10(2)11(3)23-16/h9,12H,4-5,7-8H2,1-3H3,(H2,18,22)(H,19,21)/t9-,12+/m0/s1. The van der Waals surface area contributed by atoms with Crippen molar-refractivity contribution >= 4 is 28.2 Å². The minimum atomic E-state index is -0.307. The van der Waals surface area contributed by atoms with Crippen molar-refractivity contribution in [1.82, 2.24) is 4.90 Å². The van der Waals surface area contributed by atoms with E-state index in [1.165, 1.54) is 11.3 Å². The van der Waals surface area contributed by atoms with Gasteiger partial charge in [-0.05, 0) is 39.2 Å². The number of amides is 2. The summed E-state index contributed by atoms with van der Waals surface area (Å²) in [5.74, 6) is -0.668. The molecule has 1 fully saturated rings. The van der Waals surface area contributed by atoms with Crippen LogP contribution in [0.2, 0.25) is 0 Å². The summed E-state index contributed by atoms with van der Waals surface area (Å²) in [7, 11) is 0. The zero-order valence-corrected chi connectivity index (χ0v) is 14.5. The third-order valence-corrected chi connectivity index (χ3v) is 5.63. The summed E-state index contributed by atoms with van der Waals surface area (Å²) in [4.78, 5) is 26.7. The van der Waals surface area contributed by atoms with Crippen LogP contribution in [0, 0.1) is 31.1 Å². The Morgan fingerprint density at radius 1 is 1.43 bits per heavy atom. The fourth-order valence-corrected chi connectivity index (χ4v) is 3.86. The Balaban J connectivity index is 2.03. The summed E-state index contributed by atoms with van der Waals surface area (Å²) >= 11 is 1.42. The molecule has 0 unspecified atom stereocenters. The summed E-state index contributed by atoms with van der Waals surface area (Å²) in [6, 6.07) is 2.38. The number of likely N-dealkylation sites (tertiary alicyclic amines) is 1. The SMILES string of the molecule is Cc1sc(NC(=O)CN2C[C@H](C(N)=O)CC[C@@H]2C)c(C#N)c1C. The number of nitrogens with zero attached hydrogens (tertiary/aromatic N) is 2. The molecule has 0 aromatic carbocycles. The lowest BCUT2D eigenvalue weighted by molar-refractivity contribution is -0.126. The zero-order chi connectivity index (χ0) is 17.1. The molecule has 23 heavy (non-hydrogen) atoms. The van der Waals surface area contributed by atoms with Crippen molar-refractivity contribution in [2.24, 2.45) is 11.7 Å². The molecule has 2 heterocycles. The summed E-state index contributed by atoms with van der Waals surface area (Å²) in [6.07, 6.45) is 1.62. The number of nitriles is 1. The van der Waals surface area contributed by atoms with Crippen LogP contribution < -0.4 is 11.1 Å². The molecule has 2 amide bonds. The lowest BCUT2D eigenvalue weighted by Gasteiger charge is -2.36. The van der Waals surface area contributed by atoms with E-state index < -0.39 is 0 Å². The number of primary amides is 1. The molecule has 0 aliphatic carbocycles. The number of piperidine rings is 1. The van der Waals surface area contributed by atoms with Crippen molar-refractivity contribution in [3.8, 4) is 6.07 Å². The predicted molar refractivity (Wildman–Crippen MR) is 90.1 cm³/mol. The van der Waals surface area contributed by atoms with Gasteiger partial charge in [-0.2, -0.15) is 5.26 Å². The maximum absolute atomic E-state index is 12.3. The van der Waals surface area contributed by atoms with Crippen LogP contribution in [0.15, 0.2) is 0 Å². The fraction of sp³-hybridized carbons (Fsp3) is 0.562. The lowest BCUT2D eigenvalue weighted by atomic mass is 9.93. The van der Waals surface area contributed by atoms with E-state index in [1.807, 2.05) is 25.7 Å². The zero-order valence-electron chi connectivity index (χ0n) is 13.7. The van der Waals surface area contributed by atoms with Crippen molar-refractivity contribution in [3.05, 3.63) is 16.0 Å². The predicted octanol–water partition coefficient (Wildman–Crippen LogP) is 1.76. The molecule has 0 bridgehead atoms. The average molecular weight is 334 g/mol. The van der Waals surface area contributed by atoms with Gasteiger partial charge in [0.05, 0.1) is 18.0 Å². The number of aryl methyl sites for hydroxylation is 1. The maximum Gasteiger partial charge on any atom is 0.239 e. The molecule has 2 atom stereocenters. The van der Waals surface area contributed by atoms with Gasteiger partial charge in [0.1, 0.15) is 11.1 Å². The Labute approximate surface area is 140 Å². The molecule has 3 N–H and O–H groups in total. The van der Waals surface area contributed by atoms with Crippen LogP contribution in [0.1, 0.15) is 35.8 Å². The van der Waals surface area contributed by atoms with Gasteiger partial charge < -0.3 is 11.1 Å². The second-order valence-electron chi connectivity index (χ2n) is 6.10. The first-order valence-electron chi connectivity index (χ1n) is 7.66. The van der Waals surface area contributed by atoms with Gasteiger partial charge in [-0.1, -0.05) is 0 Å². The Bertz CT molecular complexity index is 662. The van der Waals surface area contributed by atoms with Crippen molar-refractivity contribution < 1.29 is 9.59 Å². The second kappa shape index (κ2) is 7.11. The van der Waals surface area contributed by atoms with E-state index in [1.54, 1.807) is 0 Å². The molecule has 1 aliphatic heterocycles. The first-order chi connectivity index (χ1) is 10.8. The van der Waals surface area contributed by atoms with E-state index in [0.29, 0.717) is 17.1 Å². The smallest absolute Gasteiger partial charge is 0.239 e. The van der Waals surface area contributed by atoms with Crippen molar-refractivity contribution in [3.63, 3.8) is 0 Å². The summed E-state index contributed by atoms with van der Waals surface area (Å²) < 4.78 is 0. The van der Waals surface area contributed by atoms with E-state index in [9.17, 15) is 14.9 Å². The first-order valence-corrected chi connectivity index (χ1v) is 8.48. The van der Waals surface area contributed by atoms with Crippen LogP contribution in [0.5, 0.6) is 0 Å². The molecule has 0 spiro atoms. The van der Waals surface area contributed by atoms with Gasteiger partial charge in [0.2, 0.25) is 11.8 Å². The Morgan fingerprint density at radius 3 is 2.74 bits per heavy atom. The molecule has 1 saturated heterocycles. The average Bonchev–Trinajstić information content (AvgIpc) is 2.75. The third-order valence-electron chi connectivity index (χ3n) is 4.51. The molecule has 1 aromatic rings. The fourth-order valence-electron chi connectivity index (χ4n) is 2.83. The number of thiophene rings is 1. The van der Waals surface area contributed by atoms with Crippen LogP contribution >= 0.6 is 11.3 Å². The number of rotatable bonds is 4. The molecule has 1 aromatic heterocycles. The summed E-state index contributed by atoms with van der Waals surface area (Å²) in [6.45, 7) is 6.57. The highest BCUT2D eigenvalue weighted by atomic mass is 32.1. The molecular weight excluding hydrogens is 312 g/mol. The number of nitrogens with two attached hydrogens (primary N) is 1. The van der Waals surface area contributed by atoms with E-state index in [0.717, 1.165) is 23.3 Å². The van der Waals surface area contributed by atoms with Gasteiger partial charge in [0, 0.05) is 17.5 Å². The number of hydrogen-bond acceptors (Lipinski definition) is 5. The molecule has 124 valence electrons. The van der Waals surface area contributed by atoms with E-state index >= 15 is 0 Å². The van der Waals surface area contributed by atoms with Crippen molar-refractivity contribution in [1.29, 1.82) is 5.26 Å². The number of carbonyl (C=O) groups excluding carboxylic acids is 2. The van der Waals surface area contributed by atoms with Gasteiger partial charge in [0.25, 0.3) is 0 Å². The van der Waals surface area contributed by atoms with Crippen molar-refractivity contribution in [2.45, 2.75) is 39.7 Å². The van der Waals surface area contributed by atoms with Gasteiger partial charge >= 0.3 is 0 Å². The second-order valence-corrected chi connectivity index (χ2v) is 7.33. The van der Waals surface area contributed by atoms with E-state index in [4.69, 9.17) is 5.73 Å². The van der Waals surface area contributed by atoms with Crippen LogP contribution in [-0.2, 0) is 9.59 Å². The topological polar surface area (TPSA) is 99.2 Å². The number of nitrogens with one attached hydrogen (secondary N) is 1.